The second kappa shape index (κ2) is 7.55. The second-order valence-corrected chi connectivity index (χ2v) is 3.62. The van der Waals surface area contributed by atoms with Crippen molar-refractivity contribution in [3.05, 3.63) is 23.8 Å². The van der Waals surface area contributed by atoms with E-state index >= 15 is 0 Å². The Kier molecular flexibility index (Phi) is 6.00. The molecule has 5 heteroatoms. The molecular formula is C13H19NO4. The van der Waals surface area contributed by atoms with Gasteiger partial charge in [-0.1, -0.05) is 6.07 Å². The van der Waals surface area contributed by atoms with E-state index in [1.54, 1.807) is 20.1 Å². The Morgan fingerprint density at radius 3 is 2.72 bits per heavy atom. The van der Waals surface area contributed by atoms with Gasteiger partial charge in [-0.3, -0.25) is 0 Å². The molecule has 1 aromatic rings. The summed E-state index contributed by atoms with van der Waals surface area (Å²) in [5.41, 5.74) is 6.56. The molecular weight excluding hydrogens is 234 g/mol. The lowest BCUT2D eigenvalue weighted by atomic mass is 10.1. The van der Waals surface area contributed by atoms with Crippen LogP contribution in [0.1, 0.15) is 12.5 Å². The summed E-state index contributed by atoms with van der Waals surface area (Å²) in [4.78, 5) is 11.2. The van der Waals surface area contributed by atoms with Crippen molar-refractivity contribution in [2.24, 2.45) is 5.73 Å². The van der Waals surface area contributed by atoms with E-state index in [2.05, 4.69) is 0 Å². The third-order valence-corrected chi connectivity index (χ3v) is 2.31. The maximum absolute atomic E-state index is 11.2. The summed E-state index contributed by atoms with van der Waals surface area (Å²) >= 11 is 0. The van der Waals surface area contributed by atoms with Crippen LogP contribution in [0.4, 0.5) is 0 Å². The zero-order chi connectivity index (χ0) is 13.4. The Hall–Kier alpha value is -1.75. The zero-order valence-corrected chi connectivity index (χ0v) is 10.8. The van der Waals surface area contributed by atoms with Crippen LogP contribution in [0.3, 0.4) is 0 Å². The number of carbonyl (C=O) groups excluding carboxylic acids is 1. The molecule has 1 rings (SSSR count). The van der Waals surface area contributed by atoms with Crippen LogP contribution in [0.2, 0.25) is 0 Å². The summed E-state index contributed by atoms with van der Waals surface area (Å²) in [6, 6.07) is 5.52. The predicted octanol–water partition coefficient (Wildman–Crippen LogP) is 1.14. The number of rotatable bonds is 7. The first kappa shape index (κ1) is 14.3. The minimum absolute atomic E-state index is 0.125. The molecule has 0 spiro atoms. The van der Waals surface area contributed by atoms with Gasteiger partial charge >= 0.3 is 5.97 Å². The number of hydrogen-bond acceptors (Lipinski definition) is 5. The number of carbonyl (C=O) groups is 1. The van der Waals surface area contributed by atoms with Gasteiger partial charge in [0.1, 0.15) is 0 Å². The molecule has 0 aliphatic carbocycles. The van der Waals surface area contributed by atoms with Crippen LogP contribution >= 0.6 is 0 Å². The van der Waals surface area contributed by atoms with Crippen LogP contribution in [0.25, 0.3) is 0 Å². The van der Waals surface area contributed by atoms with Gasteiger partial charge < -0.3 is 19.9 Å². The lowest BCUT2D eigenvalue weighted by molar-refractivity contribution is -0.145. The number of esters is 1. The molecule has 18 heavy (non-hydrogen) atoms. The normalized spacial score (nSPS) is 9.94. The van der Waals surface area contributed by atoms with Crippen LogP contribution in [-0.2, 0) is 16.0 Å². The first-order valence-corrected chi connectivity index (χ1v) is 5.86. The number of hydrogen-bond donors (Lipinski definition) is 1. The largest absolute Gasteiger partial charge is 0.493 e. The van der Waals surface area contributed by atoms with E-state index in [1.165, 1.54) is 0 Å². The Bertz CT molecular complexity index is 393. The van der Waals surface area contributed by atoms with E-state index < -0.39 is 5.97 Å². The molecule has 0 radical (unpaired) electrons. The summed E-state index contributed by atoms with van der Waals surface area (Å²) in [7, 11) is 1.55. The Balaban J connectivity index is 2.67. The third-order valence-electron chi connectivity index (χ3n) is 2.31. The molecule has 1 aromatic carbocycles. The fraction of sp³-hybridized carbons (Fsp3) is 0.462. The van der Waals surface area contributed by atoms with Gasteiger partial charge in [0.05, 0.1) is 13.7 Å². The Morgan fingerprint density at radius 1 is 1.33 bits per heavy atom. The van der Waals surface area contributed by atoms with Crippen molar-refractivity contribution in [2.75, 3.05) is 26.9 Å². The van der Waals surface area contributed by atoms with Crippen LogP contribution in [0.15, 0.2) is 18.2 Å². The number of benzene rings is 1. The van der Waals surface area contributed by atoms with Crippen molar-refractivity contribution in [3.8, 4) is 11.5 Å². The van der Waals surface area contributed by atoms with E-state index in [4.69, 9.17) is 19.9 Å². The molecule has 0 amide bonds. The number of nitrogens with two attached hydrogens (primary N) is 1. The highest BCUT2D eigenvalue weighted by Gasteiger charge is 2.08. The van der Waals surface area contributed by atoms with Crippen LogP contribution < -0.4 is 15.2 Å². The zero-order valence-electron chi connectivity index (χ0n) is 10.8. The number of ether oxygens (including phenoxy) is 3. The van der Waals surface area contributed by atoms with Gasteiger partial charge in [-0.05, 0) is 37.6 Å². The topological polar surface area (TPSA) is 70.8 Å². The van der Waals surface area contributed by atoms with Crippen molar-refractivity contribution >= 4 is 5.97 Å². The molecule has 0 unspecified atom stereocenters. The summed E-state index contributed by atoms with van der Waals surface area (Å²) in [6.45, 7) is 2.54. The molecule has 0 saturated carbocycles. The highest BCUT2D eigenvalue weighted by atomic mass is 16.6. The van der Waals surface area contributed by atoms with Crippen LogP contribution in [0, 0.1) is 0 Å². The lowest BCUT2D eigenvalue weighted by Crippen LogP contribution is -2.15. The summed E-state index contributed by atoms with van der Waals surface area (Å²) in [5, 5.41) is 0. The molecule has 5 nitrogen and oxygen atoms in total. The van der Waals surface area contributed by atoms with Gasteiger partial charge in [0.15, 0.2) is 18.1 Å². The van der Waals surface area contributed by atoms with Gasteiger partial charge in [-0.25, -0.2) is 4.79 Å². The molecule has 2 N–H and O–H groups in total. The molecule has 0 aliphatic heterocycles. The first-order chi connectivity index (χ1) is 8.71. The van der Waals surface area contributed by atoms with Crippen LogP contribution in [0.5, 0.6) is 11.5 Å². The number of methoxy groups -OCH3 is 1. The van der Waals surface area contributed by atoms with E-state index in [0.717, 1.165) is 12.0 Å². The Labute approximate surface area is 107 Å². The second-order valence-electron chi connectivity index (χ2n) is 3.62. The van der Waals surface area contributed by atoms with E-state index in [9.17, 15) is 4.79 Å². The Morgan fingerprint density at radius 2 is 2.11 bits per heavy atom. The average molecular weight is 253 g/mol. The van der Waals surface area contributed by atoms with Crippen molar-refractivity contribution in [1.82, 2.24) is 0 Å². The molecule has 0 saturated heterocycles. The standard InChI is InChI=1S/C13H19NO4/c1-3-17-13(15)9-18-11-5-4-10(6-7-14)8-12(11)16-2/h4-5,8H,3,6-7,9,14H2,1-2H3. The SMILES string of the molecule is CCOC(=O)COc1ccc(CCN)cc1OC. The summed E-state index contributed by atoms with van der Waals surface area (Å²) in [5.74, 6) is 0.710. The van der Waals surface area contributed by atoms with Gasteiger partial charge in [0, 0.05) is 0 Å². The van der Waals surface area contributed by atoms with E-state index in [1.807, 2.05) is 12.1 Å². The molecule has 0 atom stereocenters. The first-order valence-electron chi connectivity index (χ1n) is 5.86. The van der Waals surface area contributed by atoms with Gasteiger partial charge in [-0.15, -0.1) is 0 Å². The highest BCUT2D eigenvalue weighted by Crippen LogP contribution is 2.28. The summed E-state index contributed by atoms with van der Waals surface area (Å²) in [6.07, 6.45) is 0.772. The minimum Gasteiger partial charge on any atom is -0.493 e. The van der Waals surface area contributed by atoms with Gasteiger partial charge in [0.25, 0.3) is 0 Å². The molecule has 0 bridgehead atoms. The van der Waals surface area contributed by atoms with Crippen molar-refractivity contribution < 1.29 is 19.0 Å². The average Bonchev–Trinajstić information content (AvgIpc) is 2.37. The minimum atomic E-state index is -0.398. The molecule has 0 heterocycles. The van der Waals surface area contributed by atoms with E-state index in [-0.39, 0.29) is 6.61 Å². The third kappa shape index (κ3) is 4.25. The molecule has 0 aliphatic rings. The van der Waals surface area contributed by atoms with Crippen molar-refractivity contribution in [2.45, 2.75) is 13.3 Å². The highest BCUT2D eigenvalue weighted by molar-refractivity contribution is 5.71. The molecule has 0 aromatic heterocycles. The monoisotopic (exact) mass is 253 g/mol. The van der Waals surface area contributed by atoms with E-state index in [0.29, 0.717) is 24.7 Å². The maximum atomic E-state index is 11.2. The lowest BCUT2D eigenvalue weighted by Gasteiger charge is -2.11. The van der Waals surface area contributed by atoms with Gasteiger partial charge in [0.2, 0.25) is 0 Å². The molecule has 0 fully saturated rings. The fourth-order valence-corrected chi connectivity index (χ4v) is 1.49. The summed E-state index contributed by atoms with van der Waals surface area (Å²) < 4.78 is 15.3. The molecule has 100 valence electrons. The predicted molar refractivity (Wildman–Crippen MR) is 67.9 cm³/mol. The quantitative estimate of drug-likeness (QED) is 0.738. The van der Waals surface area contributed by atoms with Gasteiger partial charge in [-0.2, -0.15) is 0 Å². The maximum Gasteiger partial charge on any atom is 0.344 e. The van der Waals surface area contributed by atoms with Crippen molar-refractivity contribution in [3.63, 3.8) is 0 Å². The smallest absolute Gasteiger partial charge is 0.344 e. The van der Waals surface area contributed by atoms with Crippen molar-refractivity contribution in [1.29, 1.82) is 0 Å². The van der Waals surface area contributed by atoms with Crippen LogP contribution in [-0.4, -0.2) is 32.8 Å². The fourth-order valence-electron chi connectivity index (χ4n) is 1.49.